The van der Waals surface area contributed by atoms with Gasteiger partial charge in [0.1, 0.15) is 49.2 Å². The standard InChI is InChI=1S/C61H81N5O10S/c1-12-34-74-59(71)55(40(4)13-2)65(10)56(68)41(5)64(9)57(69)50(36-42-27-30-44(73-11)31-28-42)63-53(67)32-29-43-38-77-54(62-43)26-18-20-39(3)35-52(61(6,7)8)76-58(70)51-25-19-33-66(51)60(72)75-37-49-47-23-16-14-21-45(47)46-22-15-17-24-48(46)49/h12,14-18,21-24,26-28,30-31,39-41,43,49-52,55H,1,13,19-20,25,29,32-38H2,2-11H3,(H,63,67)/b26-18+/t39-,40-,41-,43-,50-,51?,52-,55-/m0/s1. The fourth-order valence-electron chi connectivity index (χ4n) is 10.3. The average Bonchev–Trinajstić information content (AvgIpc) is 4.21. The van der Waals surface area contributed by atoms with E-state index in [1.54, 1.807) is 45.0 Å². The van der Waals surface area contributed by atoms with E-state index < -0.39 is 54.0 Å². The van der Waals surface area contributed by atoms with Crippen molar-refractivity contribution in [2.45, 2.75) is 142 Å². The Hall–Kier alpha value is -6.42. The summed E-state index contributed by atoms with van der Waals surface area (Å²) in [5, 5.41) is 3.83. The van der Waals surface area contributed by atoms with E-state index in [0.717, 1.165) is 39.3 Å². The summed E-state index contributed by atoms with van der Waals surface area (Å²) in [6, 6.07) is 20.0. The number of esters is 2. The lowest BCUT2D eigenvalue weighted by molar-refractivity contribution is -0.161. The van der Waals surface area contributed by atoms with Crippen LogP contribution in [0.5, 0.6) is 5.75 Å². The Labute approximate surface area is 460 Å². The van der Waals surface area contributed by atoms with E-state index in [1.807, 2.05) is 56.3 Å². The molecule has 0 bridgehead atoms. The lowest BCUT2D eigenvalue weighted by atomic mass is 9.83. The number of ether oxygens (including phenoxy) is 4. The molecular weight excluding hydrogens is 995 g/mol. The van der Waals surface area contributed by atoms with Crippen LogP contribution in [-0.2, 0) is 44.6 Å². The highest BCUT2D eigenvalue weighted by Crippen LogP contribution is 2.45. The first-order chi connectivity index (χ1) is 36.7. The minimum absolute atomic E-state index is 0.0126. The fourth-order valence-corrected chi connectivity index (χ4v) is 11.3. The van der Waals surface area contributed by atoms with Gasteiger partial charge in [-0.15, -0.1) is 11.8 Å². The zero-order valence-corrected chi connectivity index (χ0v) is 47.6. The summed E-state index contributed by atoms with van der Waals surface area (Å²) in [5.41, 5.74) is 5.01. The molecule has 1 fully saturated rings. The van der Waals surface area contributed by atoms with E-state index in [1.165, 1.54) is 27.8 Å². The summed E-state index contributed by atoms with van der Waals surface area (Å²) in [6.07, 6.45) is 8.66. The highest BCUT2D eigenvalue weighted by Gasteiger charge is 2.41. The highest BCUT2D eigenvalue weighted by atomic mass is 32.2. The summed E-state index contributed by atoms with van der Waals surface area (Å²) in [4.78, 5) is 91.5. The van der Waals surface area contributed by atoms with Gasteiger partial charge in [-0.1, -0.05) is 127 Å². The van der Waals surface area contributed by atoms with Crippen LogP contribution >= 0.6 is 11.8 Å². The van der Waals surface area contributed by atoms with Crippen molar-refractivity contribution in [3.05, 3.63) is 114 Å². The van der Waals surface area contributed by atoms with Crippen LogP contribution in [0.1, 0.15) is 116 Å². The zero-order valence-electron chi connectivity index (χ0n) is 46.8. The van der Waals surface area contributed by atoms with Crippen LogP contribution in [0.25, 0.3) is 11.1 Å². The smallest absolute Gasteiger partial charge is 0.410 e. The average molecular weight is 1080 g/mol. The number of amides is 4. The quantitative estimate of drug-likeness (QED) is 0.0486. The number of likely N-dealkylation sites (tertiary alicyclic amines) is 1. The zero-order chi connectivity index (χ0) is 56.0. The third kappa shape index (κ3) is 15.6. The second kappa shape index (κ2) is 27.8. The van der Waals surface area contributed by atoms with Gasteiger partial charge in [-0.3, -0.25) is 24.3 Å². The summed E-state index contributed by atoms with van der Waals surface area (Å²) < 4.78 is 22.9. The molecule has 1 N–H and O–H groups in total. The number of hydrogen-bond acceptors (Lipinski definition) is 12. The van der Waals surface area contributed by atoms with Crippen LogP contribution in [0.3, 0.4) is 0 Å². The largest absolute Gasteiger partial charge is 0.497 e. The lowest BCUT2D eigenvalue weighted by Gasteiger charge is -2.35. The van der Waals surface area contributed by atoms with Crippen molar-refractivity contribution < 1.29 is 47.7 Å². The van der Waals surface area contributed by atoms with Crippen molar-refractivity contribution in [1.29, 1.82) is 0 Å². The number of carbonyl (C=O) groups is 6. The van der Waals surface area contributed by atoms with Gasteiger partial charge >= 0.3 is 18.0 Å². The van der Waals surface area contributed by atoms with Crippen LogP contribution in [-0.4, -0.2) is 139 Å². The third-order valence-corrected chi connectivity index (χ3v) is 16.3. The number of benzene rings is 3. The van der Waals surface area contributed by atoms with Crippen molar-refractivity contribution in [3.8, 4) is 16.9 Å². The molecule has 1 unspecified atom stereocenters. The second-order valence-corrected chi connectivity index (χ2v) is 22.9. The maximum atomic E-state index is 14.3. The predicted molar refractivity (Wildman–Crippen MR) is 303 cm³/mol. The van der Waals surface area contributed by atoms with Gasteiger partial charge in [-0.2, -0.15) is 0 Å². The number of carbonyl (C=O) groups excluding carboxylic acids is 6. The molecular formula is C61H81N5O10S. The Bertz CT molecular complexity index is 2570. The van der Waals surface area contributed by atoms with Crippen molar-refractivity contribution >= 4 is 52.6 Å². The summed E-state index contributed by atoms with van der Waals surface area (Å²) in [7, 11) is 4.64. The first-order valence-electron chi connectivity index (χ1n) is 27.2. The molecule has 3 aromatic rings. The molecule has 416 valence electrons. The van der Waals surface area contributed by atoms with E-state index in [4.69, 9.17) is 23.9 Å². The molecule has 0 aromatic heterocycles. The Morgan fingerprint density at radius 1 is 0.909 bits per heavy atom. The number of aliphatic imine (C=N–C) groups is 1. The van der Waals surface area contributed by atoms with E-state index in [-0.39, 0.29) is 67.3 Å². The molecule has 6 rings (SSSR count). The van der Waals surface area contributed by atoms with Gasteiger partial charge < -0.3 is 34.1 Å². The summed E-state index contributed by atoms with van der Waals surface area (Å²) in [5.74, 6) is -0.914. The van der Waals surface area contributed by atoms with Gasteiger partial charge in [0.25, 0.3) is 0 Å². The molecule has 0 radical (unpaired) electrons. The normalized spacial score (nSPS) is 18.4. The Morgan fingerprint density at radius 3 is 2.19 bits per heavy atom. The Morgan fingerprint density at radius 2 is 1.57 bits per heavy atom. The molecule has 1 aliphatic carbocycles. The molecule has 16 heteroatoms. The van der Waals surface area contributed by atoms with Gasteiger partial charge in [0.15, 0.2) is 0 Å². The molecule has 77 heavy (non-hydrogen) atoms. The molecule has 3 aliphatic rings. The molecule has 0 spiro atoms. The first-order valence-corrected chi connectivity index (χ1v) is 28.2. The number of likely N-dealkylation sites (N-methyl/N-ethyl adjacent to an activating group) is 2. The number of thioether (sulfide) groups is 1. The topological polar surface area (TPSA) is 173 Å². The molecule has 3 aromatic carbocycles. The van der Waals surface area contributed by atoms with Crippen molar-refractivity contribution in [2.75, 3.05) is 46.7 Å². The van der Waals surface area contributed by atoms with Crippen LogP contribution in [0.15, 0.2) is 103 Å². The molecule has 0 saturated carbocycles. The van der Waals surface area contributed by atoms with Crippen LogP contribution in [0.4, 0.5) is 4.79 Å². The molecule has 15 nitrogen and oxygen atoms in total. The van der Waals surface area contributed by atoms with Gasteiger partial charge in [-0.05, 0) is 102 Å². The number of hydrogen-bond donors (Lipinski definition) is 1. The second-order valence-electron chi connectivity index (χ2n) is 21.9. The van der Waals surface area contributed by atoms with Gasteiger partial charge in [0.05, 0.1) is 18.2 Å². The SMILES string of the molecule is C=CCOC(=O)[C@H]([C@@H](C)CC)N(C)C(=O)[C@H](C)N(C)C(=O)[C@H](Cc1ccc(OC)cc1)NC(=O)CC[C@H]1CSC(/C=C/C[C@H](C)C[C@H](OC(=O)C2CCCN2C(=O)OCC2c3ccccc3-c3ccccc32)C(C)(C)C)=N1. The molecule has 2 aliphatic heterocycles. The van der Waals surface area contributed by atoms with E-state index in [0.29, 0.717) is 50.2 Å². The number of rotatable bonds is 25. The summed E-state index contributed by atoms with van der Waals surface area (Å²) in [6.45, 7) is 18.0. The minimum Gasteiger partial charge on any atom is -0.497 e. The number of nitrogens with one attached hydrogen (secondary N) is 1. The van der Waals surface area contributed by atoms with Crippen molar-refractivity contribution in [3.63, 3.8) is 0 Å². The predicted octanol–water partition coefficient (Wildman–Crippen LogP) is 9.81. The molecule has 1 saturated heterocycles. The Balaban J connectivity index is 0.996. The first kappa shape index (κ1) is 59.8. The van der Waals surface area contributed by atoms with E-state index in [9.17, 15) is 28.8 Å². The minimum atomic E-state index is -0.987. The highest BCUT2D eigenvalue weighted by molar-refractivity contribution is 8.14. The third-order valence-electron chi connectivity index (χ3n) is 15.2. The molecule has 4 amide bonds. The maximum absolute atomic E-state index is 14.3. The maximum Gasteiger partial charge on any atom is 0.410 e. The van der Waals surface area contributed by atoms with Gasteiger partial charge in [-0.25, -0.2) is 14.4 Å². The van der Waals surface area contributed by atoms with Crippen LogP contribution in [0, 0.1) is 17.3 Å². The van der Waals surface area contributed by atoms with E-state index >= 15 is 0 Å². The summed E-state index contributed by atoms with van der Waals surface area (Å²) >= 11 is 1.63. The van der Waals surface area contributed by atoms with Crippen LogP contribution < -0.4 is 10.1 Å². The van der Waals surface area contributed by atoms with Gasteiger partial charge in [0, 0.05) is 45.2 Å². The van der Waals surface area contributed by atoms with Gasteiger partial charge in [0.2, 0.25) is 17.7 Å². The number of nitrogens with zero attached hydrogens (tertiary/aromatic N) is 4. The fraction of sp³-hybridized carbons (Fsp3) is 0.525. The monoisotopic (exact) mass is 1080 g/mol. The van der Waals surface area contributed by atoms with Crippen molar-refractivity contribution in [2.24, 2.45) is 22.2 Å². The number of allylic oxidation sites excluding steroid dienone is 1. The van der Waals surface area contributed by atoms with E-state index in [2.05, 4.69) is 69.9 Å². The number of methoxy groups -OCH3 is 1. The Kier molecular flexibility index (Phi) is 21.6. The molecule has 2 heterocycles. The lowest BCUT2D eigenvalue weighted by Crippen LogP contribution is -2.57. The number of fused-ring (bicyclic) bond motifs is 3. The van der Waals surface area contributed by atoms with Crippen molar-refractivity contribution in [1.82, 2.24) is 20.0 Å². The molecule has 8 atom stereocenters. The van der Waals surface area contributed by atoms with Crippen LogP contribution in [0.2, 0.25) is 0 Å².